The molecular weight excluding hydrogens is 407 g/mol. The van der Waals surface area contributed by atoms with Gasteiger partial charge in [0.05, 0.1) is 11.0 Å². The number of nitrogens with zero attached hydrogens (tertiary/aromatic N) is 1. The first kappa shape index (κ1) is 22.6. The van der Waals surface area contributed by atoms with Gasteiger partial charge in [-0.1, -0.05) is 43.7 Å². The normalized spacial score (nSPS) is 13.7. The van der Waals surface area contributed by atoms with Crippen LogP contribution in [0.25, 0.3) is 21.9 Å². The standard InChI is InChI=1S/C28H31F3N/c1-16(2)11-23-24-15-20(7-9-28(29,30)31)14-21-8-10-32(6)27(25(21)24)26(23)22-13-17(3)12-18(4)19(22)5/h8,10,12-16H,7,9,11H2,1-6H3/q+1. The topological polar surface area (TPSA) is 3.88 Å². The molecule has 2 aromatic carbocycles. The summed E-state index contributed by atoms with van der Waals surface area (Å²) in [6.45, 7) is 10.8. The molecule has 1 nitrogen and oxygen atoms in total. The van der Waals surface area contributed by atoms with Gasteiger partial charge in [0.25, 0.3) is 0 Å². The lowest BCUT2D eigenvalue weighted by Gasteiger charge is -2.15. The van der Waals surface area contributed by atoms with Crippen LogP contribution < -0.4 is 4.57 Å². The number of pyridine rings is 1. The predicted molar refractivity (Wildman–Crippen MR) is 126 cm³/mol. The number of hydrogen-bond acceptors (Lipinski definition) is 0. The Labute approximate surface area is 188 Å². The molecule has 0 aliphatic heterocycles. The molecule has 0 unspecified atom stereocenters. The van der Waals surface area contributed by atoms with Gasteiger partial charge >= 0.3 is 6.18 Å². The zero-order valence-corrected chi connectivity index (χ0v) is 19.7. The molecular formula is C28H31F3N+. The third-order valence-corrected chi connectivity index (χ3v) is 6.55. The third-order valence-electron chi connectivity index (χ3n) is 6.55. The minimum Gasteiger partial charge on any atom is -0.200 e. The van der Waals surface area contributed by atoms with Crippen molar-refractivity contribution in [2.75, 3.05) is 0 Å². The Kier molecular flexibility index (Phi) is 5.68. The third kappa shape index (κ3) is 4.07. The van der Waals surface area contributed by atoms with Gasteiger partial charge in [-0.3, -0.25) is 0 Å². The van der Waals surface area contributed by atoms with Crippen LogP contribution in [0.2, 0.25) is 0 Å². The van der Waals surface area contributed by atoms with Crippen LogP contribution in [0.4, 0.5) is 13.2 Å². The van der Waals surface area contributed by atoms with Crippen LogP contribution in [0.15, 0.2) is 36.5 Å². The summed E-state index contributed by atoms with van der Waals surface area (Å²) < 4.78 is 41.0. The zero-order chi connectivity index (χ0) is 23.4. The first-order valence-electron chi connectivity index (χ1n) is 11.3. The second kappa shape index (κ2) is 8.06. The minimum absolute atomic E-state index is 0.00959. The van der Waals surface area contributed by atoms with Gasteiger partial charge in [-0.05, 0) is 78.3 Å². The van der Waals surface area contributed by atoms with Gasteiger partial charge in [0.15, 0.2) is 6.20 Å². The maximum absolute atomic E-state index is 12.9. The Hall–Kier alpha value is -2.62. The van der Waals surface area contributed by atoms with Gasteiger partial charge in [-0.15, -0.1) is 0 Å². The SMILES string of the molecule is Cc1cc(C)c(C)c(C2=C(CC(C)C)c3cc(CCC(F)(F)F)cc4cc[n+](C)c2c34)c1. The van der Waals surface area contributed by atoms with Gasteiger partial charge in [-0.2, -0.15) is 13.2 Å². The first-order valence-corrected chi connectivity index (χ1v) is 11.3. The summed E-state index contributed by atoms with van der Waals surface area (Å²) in [6.07, 6.45) is -2.02. The number of hydrogen-bond donors (Lipinski definition) is 0. The van der Waals surface area contributed by atoms with E-state index in [1.807, 2.05) is 24.4 Å². The van der Waals surface area contributed by atoms with Crippen molar-refractivity contribution in [2.45, 2.75) is 60.1 Å². The molecule has 3 aromatic rings. The molecule has 0 bridgehead atoms. The number of benzene rings is 2. The van der Waals surface area contributed by atoms with E-state index >= 15 is 0 Å². The molecule has 1 aliphatic carbocycles. The lowest BCUT2D eigenvalue weighted by Crippen LogP contribution is -2.32. The molecule has 0 amide bonds. The van der Waals surface area contributed by atoms with Gasteiger partial charge < -0.3 is 0 Å². The number of alkyl halides is 3. The number of aromatic nitrogens is 1. The molecule has 0 atom stereocenters. The highest BCUT2D eigenvalue weighted by molar-refractivity contribution is 6.16. The Bertz CT molecular complexity index is 1250. The van der Waals surface area contributed by atoms with Gasteiger partial charge in [0.1, 0.15) is 7.05 Å². The fourth-order valence-corrected chi connectivity index (χ4v) is 5.02. The van der Waals surface area contributed by atoms with E-state index in [1.165, 1.54) is 39.1 Å². The summed E-state index contributed by atoms with van der Waals surface area (Å²) >= 11 is 0. The second-order valence-corrected chi connectivity index (χ2v) is 9.70. The molecule has 4 rings (SSSR count). The maximum Gasteiger partial charge on any atom is 0.389 e. The quantitative estimate of drug-likeness (QED) is 0.365. The average Bonchev–Trinajstić information content (AvgIpc) is 3.00. The Morgan fingerprint density at radius 2 is 1.69 bits per heavy atom. The summed E-state index contributed by atoms with van der Waals surface area (Å²) in [5.74, 6) is 0.430. The molecule has 0 radical (unpaired) electrons. The van der Waals surface area contributed by atoms with Crippen LogP contribution in [-0.4, -0.2) is 6.18 Å². The molecule has 0 saturated carbocycles. The number of allylic oxidation sites excluding steroid dienone is 1. The van der Waals surface area contributed by atoms with Crippen LogP contribution >= 0.6 is 0 Å². The molecule has 4 heteroatoms. The van der Waals surface area contributed by atoms with Gasteiger partial charge in [-0.25, -0.2) is 4.57 Å². The van der Waals surface area contributed by atoms with Crippen LogP contribution in [0, 0.1) is 26.7 Å². The number of rotatable bonds is 5. The maximum atomic E-state index is 12.9. The van der Waals surface area contributed by atoms with E-state index in [9.17, 15) is 13.2 Å². The van der Waals surface area contributed by atoms with Crippen LogP contribution in [0.1, 0.15) is 65.8 Å². The van der Waals surface area contributed by atoms with E-state index in [0.717, 1.165) is 28.3 Å². The molecule has 1 aromatic heterocycles. The molecule has 0 N–H and O–H groups in total. The van der Waals surface area contributed by atoms with E-state index in [2.05, 4.69) is 58.4 Å². The summed E-state index contributed by atoms with van der Waals surface area (Å²) in [5.41, 5.74) is 10.5. The van der Waals surface area contributed by atoms with Crippen molar-refractivity contribution in [3.8, 4) is 0 Å². The molecule has 168 valence electrons. The fourth-order valence-electron chi connectivity index (χ4n) is 5.02. The summed E-state index contributed by atoms with van der Waals surface area (Å²) in [6, 6.07) is 10.5. The summed E-state index contributed by atoms with van der Waals surface area (Å²) in [5, 5.41) is 2.18. The smallest absolute Gasteiger partial charge is 0.200 e. The Morgan fingerprint density at radius 1 is 0.969 bits per heavy atom. The van der Waals surface area contributed by atoms with Gasteiger partial charge in [0, 0.05) is 12.5 Å². The van der Waals surface area contributed by atoms with Crippen molar-refractivity contribution in [1.29, 1.82) is 0 Å². The first-order chi connectivity index (χ1) is 15.0. The van der Waals surface area contributed by atoms with Crippen molar-refractivity contribution < 1.29 is 17.7 Å². The molecule has 0 fully saturated rings. The molecule has 1 aliphatic rings. The van der Waals surface area contributed by atoms with E-state index in [0.29, 0.717) is 5.92 Å². The summed E-state index contributed by atoms with van der Waals surface area (Å²) in [4.78, 5) is 0. The second-order valence-electron chi connectivity index (χ2n) is 9.70. The molecule has 0 saturated heterocycles. The van der Waals surface area contributed by atoms with Gasteiger partial charge in [0.2, 0.25) is 5.69 Å². The molecule has 0 spiro atoms. The largest absolute Gasteiger partial charge is 0.389 e. The fraction of sp³-hybridized carbons (Fsp3) is 0.393. The molecule has 1 heterocycles. The highest BCUT2D eigenvalue weighted by Gasteiger charge is 2.34. The monoisotopic (exact) mass is 438 g/mol. The molecule has 32 heavy (non-hydrogen) atoms. The van der Waals surface area contributed by atoms with Crippen molar-refractivity contribution >= 4 is 21.9 Å². The van der Waals surface area contributed by atoms with Crippen molar-refractivity contribution in [3.63, 3.8) is 0 Å². The van der Waals surface area contributed by atoms with E-state index in [1.54, 1.807) is 0 Å². The minimum atomic E-state index is -4.15. The highest BCUT2D eigenvalue weighted by Crippen LogP contribution is 2.47. The van der Waals surface area contributed by atoms with Crippen molar-refractivity contribution in [3.05, 3.63) is 75.6 Å². The number of halogens is 3. The lowest BCUT2D eigenvalue weighted by atomic mass is 9.88. The highest BCUT2D eigenvalue weighted by atomic mass is 19.4. The average molecular weight is 439 g/mol. The van der Waals surface area contributed by atoms with E-state index < -0.39 is 12.6 Å². The van der Waals surface area contributed by atoms with Crippen molar-refractivity contribution in [2.24, 2.45) is 13.0 Å². The Balaban J connectivity index is 2.02. The van der Waals surface area contributed by atoms with E-state index in [-0.39, 0.29) is 6.42 Å². The Morgan fingerprint density at radius 3 is 2.34 bits per heavy atom. The zero-order valence-electron chi connectivity index (χ0n) is 19.7. The predicted octanol–water partition coefficient (Wildman–Crippen LogP) is 7.40. The van der Waals surface area contributed by atoms with Crippen LogP contribution in [0.5, 0.6) is 0 Å². The van der Waals surface area contributed by atoms with Crippen LogP contribution in [-0.2, 0) is 13.5 Å². The van der Waals surface area contributed by atoms with Crippen molar-refractivity contribution in [1.82, 2.24) is 0 Å². The summed E-state index contributed by atoms with van der Waals surface area (Å²) in [7, 11) is 2.06. The van der Waals surface area contributed by atoms with E-state index in [4.69, 9.17) is 0 Å². The lowest BCUT2D eigenvalue weighted by molar-refractivity contribution is -0.672. The van der Waals surface area contributed by atoms with Crippen LogP contribution in [0.3, 0.4) is 0 Å². The number of aryl methyl sites for hydroxylation is 4.